The van der Waals surface area contributed by atoms with Crippen molar-refractivity contribution in [2.75, 3.05) is 0 Å². The second-order valence-electron chi connectivity index (χ2n) is 4.99. The van der Waals surface area contributed by atoms with Gasteiger partial charge in [-0.3, -0.25) is 0 Å². The topological polar surface area (TPSA) is 0 Å². The fraction of sp³-hybridized carbons (Fsp3) is 1.00. The molecule has 3 fully saturated rings. The molecule has 3 saturated carbocycles. The minimum Gasteiger partial charge on any atom is -0.789 e. The van der Waals surface area contributed by atoms with Gasteiger partial charge in [0.15, 0.2) is 0 Å². The van der Waals surface area contributed by atoms with Crippen LogP contribution in [0.1, 0.15) is 33.6 Å². The maximum atomic E-state index is 5.42. The van der Waals surface area contributed by atoms with Gasteiger partial charge in [-0.1, -0.05) is 33.1 Å². The maximum Gasteiger partial charge on any atom is 1.00 e. The fourth-order valence-electron chi connectivity index (χ4n) is 3.10. The van der Waals surface area contributed by atoms with E-state index in [4.69, 9.17) is 12.6 Å². The fourth-order valence-corrected chi connectivity index (χ4v) is 3.52. The molecule has 0 nitrogen and oxygen atoms in total. The van der Waals surface area contributed by atoms with Crippen molar-refractivity contribution in [1.29, 1.82) is 0 Å². The van der Waals surface area contributed by atoms with Crippen molar-refractivity contribution >= 4 is 12.6 Å². The van der Waals surface area contributed by atoms with E-state index in [1.165, 1.54) is 12.8 Å². The van der Waals surface area contributed by atoms with E-state index < -0.39 is 0 Å². The first-order valence-corrected chi connectivity index (χ1v) is 5.16. The average Bonchev–Trinajstić information content (AvgIpc) is 1.93. The van der Waals surface area contributed by atoms with Crippen molar-refractivity contribution in [2.45, 2.75) is 38.9 Å². The zero-order chi connectivity index (χ0) is 8.22. The minimum absolute atomic E-state index is 0. The first kappa shape index (κ1) is 11.2. The van der Waals surface area contributed by atoms with Crippen molar-refractivity contribution in [2.24, 2.45) is 23.2 Å². The zero-order valence-electron chi connectivity index (χ0n) is 7.93. The quantitative estimate of drug-likeness (QED) is 0.484. The Hall–Kier alpha value is 1.09. The molecule has 0 aromatic rings. The van der Waals surface area contributed by atoms with E-state index in [0.717, 1.165) is 17.8 Å². The molecule has 0 radical (unpaired) electrons. The van der Waals surface area contributed by atoms with Gasteiger partial charge < -0.3 is 12.6 Å². The third kappa shape index (κ3) is 1.33. The van der Waals surface area contributed by atoms with Gasteiger partial charge in [0.05, 0.1) is 0 Å². The van der Waals surface area contributed by atoms with Crippen LogP contribution in [0.25, 0.3) is 0 Å². The van der Waals surface area contributed by atoms with Crippen LogP contribution in [0, 0.1) is 23.2 Å². The van der Waals surface area contributed by atoms with Crippen LogP contribution in [0.3, 0.4) is 0 Å². The first-order chi connectivity index (χ1) is 5.03. The van der Waals surface area contributed by atoms with Gasteiger partial charge in [0.1, 0.15) is 0 Å². The molecule has 2 bridgehead atoms. The Morgan fingerprint density at radius 3 is 2.17 bits per heavy atom. The molecular weight excluding hydrogens is 260 g/mol. The third-order valence-electron chi connectivity index (χ3n) is 4.28. The average molecular weight is 277 g/mol. The van der Waals surface area contributed by atoms with E-state index in [1.54, 1.807) is 0 Å². The summed E-state index contributed by atoms with van der Waals surface area (Å²) in [5.74, 6) is 2.68. The summed E-state index contributed by atoms with van der Waals surface area (Å²) in [6, 6.07) is 0. The summed E-state index contributed by atoms with van der Waals surface area (Å²) in [7, 11) is 0. The molecule has 0 saturated heterocycles. The molecule has 0 aromatic carbocycles. The van der Waals surface area contributed by atoms with Crippen LogP contribution in [-0.2, 0) is 35.0 Å². The minimum atomic E-state index is 0. The normalized spacial score (nSPS) is 49.0. The standard InChI is InChI=1S/C10H18S.Ag/c1-6-8-4-7(5-9(6)11)10(8,2)3;/h6-9,11H,4-5H2,1-3H3;/q;+1/p-1. The van der Waals surface area contributed by atoms with Crippen molar-refractivity contribution in [3.05, 3.63) is 0 Å². The van der Waals surface area contributed by atoms with Crippen molar-refractivity contribution in [1.82, 2.24) is 0 Å². The van der Waals surface area contributed by atoms with Crippen molar-refractivity contribution < 1.29 is 22.4 Å². The summed E-state index contributed by atoms with van der Waals surface area (Å²) in [5, 5.41) is 0.576. The molecule has 4 unspecified atom stereocenters. The SMILES string of the molecule is CC1C([S-])CC2CC1C2(C)C.[Ag+]. The van der Waals surface area contributed by atoms with E-state index in [2.05, 4.69) is 20.8 Å². The molecule has 3 rings (SSSR count). The van der Waals surface area contributed by atoms with Crippen LogP contribution in [-0.4, -0.2) is 5.25 Å². The van der Waals surface area contributed by atoms with E-state index in [1.807, 2.05) is 0 Å². The Morgan fingerprint density at radius 2 is 1.83 bits per heavy atom. The van der Waals surface area contributed by atoms with Crippen LogP contribution in [0.15, 0.2) is 0 Å². The van der Waals surface area contributed by atoms with Gasteiger partial charge in [-0.05, 0) is 23.7 Å². The zero-order valence-corrected chi connectivity index (χ0v) is 10.2. The summed E-state index contributed by atoms with van der Waals surface area (Å²) >= 11 is 5.42. The largest absolute Gasteiger partial charge is 1.00 e. The molecule has 0 heterocycles. The van der Waals surface area contributed by atoms with Crippen LogP contribution in [0.4, 0.5) is 0 Å². The first-order valence-electron chi connectivity index (χ1n) is 4.69. The van der Waals surface area contributed by atoms with Gasteiger partial charge in [-0.15, -0.1) is 0 Å². The predicted octanol–water partition coefficient (Wildman–Crippen LogP) is 2.60. The van der Waals surface area contributed by atoms with E-state index in [-0.39, 0.29) is 22.4 Å². The Kier molecular flexibility index (Phi) is 3.11. The number of rotatable bonds is 0. The number of fused-ring (bicyclic) bond motifs is 2. The molecular formula is C10H17AgS. The van der Waals surface area contributed by atoms with Gasteiger partial charge in [-0.2, -0.15) is 5.25 Å². The van der Waals surface area contributed by atoms with Crippen LogP contribution in [0.2, 0.25) is 0 Å². The number of hydrogen-bond acceptors (Lipinski definition) is 1. The summed E-state index contributed by atoms with van der Waals surface area (Å²) in [6.07, 6.45) is 2.77. The maximum absolute atomic E-state index is 5.42. The van der Waals surface area contributed by atoms with Crippen molar-refractivity contribution in [3.8, 4) is 0 Å². The molecule has 0 N–H and O–H groups in total. The molecule has 74 valence electrons. The van der Waals surface area contributed by atoms with Gasteiger partial charge >= 0.3 is 22.4 Å². The van der Waals surface area contributed by atoms with Crippen LogP contribution >= 0.6 is 0 Å². The van der Waals surface area contributed by atoms with Gasteiger partial charge in [0.2, 0.25) is 0 Å². The molecule has 0 spiro atoms. The molecule has 3 aliphatic rings. The van der Waals surface area contributed by atoms with Gasteiger partial charge in [0.25, 0.3) is 0 Å². The van der Waals surface area contributed by atoms with Crippen LogP contribution < -0.4 is 0 Å². The van der Waals surface area contributed by atoms with E-state index >= 15 is 0 Å². The summed E-state index contributed by atoms with van der Waals surface area (Å²) in [6.45, 7) is 7.19. The molecule has 0 aromatic heterocycles. The molecule has 3 aliphatic carbocycles. The molecule has 0 aliphatic heterocycles. The summed E-state index contributed by atoms with van der Waals surface area (Å²) in [5.41, 5.74) is 0.620. The number of hydrogen-bond donors (Lipinski definition) is 0. The smallest absolute Gasteiger partial charge is 0.789 e. The van der Waals surface area contributed by atoms with E-state index in [0.29, 0.717) is 10.7 Å². The van der Waals surface area contributed by atoms with Gasteiger partial charge in [-0.25, -0.2) is 0 Å². The van der Waals surface area contributed by atoms with Crippen LogP contribution in [0.5, 0.6) is 0 Å². The Bertz CT molecular complexity index is 179. The monoisotopic (exact) mass is 276 g/mol. The molecule has 0 amide bonds. The Balaban J connectivity index is 0.000000720. The summed E-state index contributed by atoms with van der Waals surface area (Å²) < 4.78 is 0. The molecule has 4 atom stereocenters. The molecule has 2 heteroatoms. The summed E-state index contributed by atoms with van der Waals surface area (Å²) in [4.78, 5) is 0. The molecule has 12 heavy (non-hydrogen) atoms. The second kappa shape index (κ2) is 3.34. The van der Waals surface area contributed by atoms with Crippen molar-refractivity contribution in [3.63, 3.8) is 0 Å². The van der Waals surface area contributed by atoms with Gasteiger partial charge in [0, 0.05) is 0 Å². The third-order valence-corrected chi connectivity index (χ3v) is 4.91. The Labute approximate surface area is 96.8 Å². The van der Waals surface area contributed by atoms with E-state index in [9.17, 15) is 0 Å². The Morgan fingerprint density at radius 1 is 1.25 bits per heavy atom. The predicted molar refractivity (Wildman–Crippen MR) is 50.3 cm³/mol. The second-order valence-corrected chi connectivity index (χ2v) is 5.60.